The van der Waals surface area contributed by atoms with Crippen LogP contribution >= 0.6 is 11.6 Å². The average molecular weight is 286 g/mol. The van der Waals surface area contributed by atoms with Crippen LogP contribution in [0.2, 0.25) is 5.02 Å². The van der Waals surface area contributed by atoms with Crippen LogP contribution in [0.15, 0.2) is 12.1 Å². The van der Waals surface area contributed by atoms with E-state index in [4.69, 9.17) is 26.8 Å². The first-order chi connectivity index (χ1) is 9.17. The summed E-state index contributed by atoms with van der Waals surface area (Å²) in [6.45, 7) is -0.187. The zero-order chi connectivity index (χ0) is 13.8. The van der Waals surface area contributed by atoms with E-state index in [1.807, 2.05) is 0 Å². The molecule has 1 unspecified atom stereocenters. The highest BCUT2D eigenvalue weighted by molar-refractivity contribution is 6.31. The number of halogens is 1. The molecular weight excluding hydrogens is 266 g/mol. The fourth-order valence-corrected chi connectivity index (χ4v) is 2.74. The second-order valence-electron chi connectivity index (χ2n) is 4.81. The quantitative estimate of drug-likeness (QED) is 0.873. The average Bonchev–Trinajstić information content (AvgIpc) is 2.91. The summed E-state index contributed by atoms with van der Waals surface area (Å²) in [5, 5.41) is 9.78. The summed E-state index contributed by atoms with van der Waals surface area (Å²) in [6.07, 6.45) is 4.59. The normalized spacial score (nSPS) is 17.5. The molecule has 1 saturated carbocycles. The molecule has 5 heteroatoms. The lowest BCUT2D eigenvalue weighted by atomic mass is 10.1. The predicted octanol–water partition coefficient (Wildman–Crippen LogP) is 2.66. The molecule has 1 aliphatic carbocycles. The Labute approximate surface area is 118 Å². The Morgan fingerprint density at radius 3 is 2.68 bits per heavy atom. The number of ether oxygens (including phenoxy) is 2. The predicted molar refractivity (Wildman–Crippen MR) is 74.9 cm³/mol. The van der Waals surface area contributed by atoms with Crippen molar-refractivity contribution in [3.63, 3.8) is 0 Å². The minimum atomic E-state index is -0.570. The van der Waals surface area contributed by atoms with E-state index in [2.05, 4.69) is 0 Å². The highest BCUT2D eigenvalue weighted by Crippen LogP contribution is 2.41. The molecule has 106 valence electrons. The minimum absolute atomic E-state index is 0.178. The first-order valence-electron chi connectivity index (χ1n) is 6.56. The maximum atomic E-state index is 9.28. The molecule has 4 nitrogen and oxygen atoms in total. The molecule has 0 aromatic heterocycles. The molecule has 1 aromatic rings. The lowest BCUT2D eigenvalue weighted by Gasteiger charge is -2.22. The molecular formula is C14H20ClNO3. The number of hydrogen-bond acceptors (Lipinski definition) is 4. The summed E-state index contributed by atoms with van der Waals surface area (Å²) in [5.41, 5.74) is 6.54. The lowest BCUT2D eigenvalue weighted by Crippen LogP contribution is -2.19. The first kappa shape index (κ1) is 14.4. The van der Waals surface area contributed by atoms with Gasteiger partial charge in [-0.1, -0.05) is 11.6 Å². The highest BCUT2D eigenvalue weighted by Gasteiger charge is 2.24. The van der Waals surface area contributed by atoms with Gasteiger partial charge in [0.1, 0.15) is 0 Å². The van der Waals surface area contributed by atoms with E-state index in [-0.39, 0.29) is 12.7 Å². The number of aliphatic hydroxyl groups is 1. The number of methoxy groups -OCH3 is 1. The van der Waals surface area contributed by atoms with Crippen LogP contribution in [0.1, 0.15) is 37.3 Å². The second-order valence-corrected chi connectivity index (χ2v) is 5.21. The Morgan fingerprint density at radius 1 is 1.42 bits per heavy atom. The van der Waals surface area contributed by atoms with Crippen molar-refractivity contribution in [2.75, 3.05) is 13.7 Å². The van der Waals surface area contributed by atoms with Gasteiger partial charge in [-0.2, -0.15) is 0 Å². The van der Waals surface area contributed by atoms with E-state index in [1.165, 1.54) is 12.8 Å². The van der Waals surface area contributed by atoms with Crippen molar-refractivity contribution in [1.29, 1.82) is 0 Å². The van der Waals surface area contributed by atoms with Gasteiger partial charge in [0.15, 0.2) is 11.5 Å². The molecule has 0 amide bonds. The molecule has 19 heavy (non-hydrogen) atoms. The van der Waals surface area contributed by atoms with Gasteiger partial charge in [0.25, 0.3) is 0 Å². The molecule has 0 saturated heterocycles. The maximum absolute atomic E-state index is 9.28. The minimum Gasteiger partial charge on any atom is -0.493 e. The molecule has 0 bridgehead atoms. The zero-order valence-corrected chi connectivity index (χ0v) is 11.8. The Balaban J connectivity index is 2.37. The van der Waals surface area contributed by atoms with Crippen molar-refractivity contribution >= 4 is 11.6 Å². The van der Waals surface area contributed by atoms with Gasteiger partial charge in [0.2, 0.25) is 0 Å². The molecule has 2 rings (SSSR count). The topological polar surface area (TPSA) is 64.7 Å². The van der Waals surface area contributed by atoms with Crippen molar-refractivity contribution in [3.05, 3.63) is 22.7 Å². The smallest absolute Gasteiger partial charge is 0.167 e. The van der Waals surface area contributed by atoms with Crippen LogP contribution in [0.4, 0.5) is 0 Å². The Hall–Kier alpha value is -0.970. The van der Waals surface area contributed by atoms with Gasteiger partial charge in [-0.25, -0.2) is 0 Å². The Morgan fingerprint density at radius 2 is 2.11 bits per heavy atom. The summed E-state index contributed by atoms with van der Waals surface area (Å²) in [4.78, 5) is 0. The molecule has 1 aliphatic rings. The van der Waals surface area contributed by atoms with Crippen LogP contribution in [0, 0.1) is 0 Å². The van der Waals surface area contributed by atoms with E-state index in [0.29, 0.717) is 22.1 Å². The lowest BCUT2D eigenvalue weighted by molar-refractivity contribution is 0.194. The largest absolute Gasteiger partial charge is 0.493 e. The van der Waals surface area contributed by atoms with Crippen LogP contribution in [-0.4, -0.2) is 24.9 Å². The molecule has 0 spiro atoms. The van der Waals surface area contributed by atoms with Gasteiger partial charge in [0.05, 0.1) is 25.9 Å². The molecule has 0 heterocycles. The van der Waals surface area contributed by atoms with Crippen molar-refractivity contribution in [3.8, 4) is 11.5 Å². The van der Waals surface area contributed by atoms with Crippen LogP contribution < -0.4 is 15.2 Å². The van der Waals surface area contributed by atoms with E-state index >= 15 is 0 Å². The van der Waals surface area contributed by atoms with Gasteiger partial charge >= 0.3 is 0 Å². The zero-order valence-electron chi connectivity index (χ0n) is 11.1. The SMILES string of the molecule is COc1ccc(Cl)c(C(N)CO)c1OC1CCCC1. The summed E-state index contributed by atoms with van der Waals surface area (Å²) in [7, 11) is 1.58. The van der Waals surface area contributed by atoms with E-state index in [9.17, 15) is 5.11 Å². The number of nitrogens with two attached hydrogens (primary N) is 1. The molecule has 0 radical (unpaired) electrons. The van der Waals surface area contributed by atoms with Crippen molar-refractivity contribution < 1.29 is 14.6 Å². The first-order valence-corrected chi connectivity index (χ1v) is 6.94. The molecule has 3 N–H and O–H groups in total. The van der Waals surface area contributed by atoms with Crippen molar-refractivity contribution in [1.82, 2.24) is 0 Å². The number of aliphatic hydroxyl groups excluding tert-OH is 1. The Kier molecular flexibility index (Phi) is 4.91. The van der Waals surface area contributed by atoms with Gasteiger partial charge in [0, 0.05) is 10.6 Å². The van der Waals surface area contributed by atoms with E-state index in [0.717, 1.165) is 12.8 Å². The number of rotatable bonds is 5. The second kappa shape index (κ2) is 6.46. The van der Waals surface area contributed by atoms with Crippen LogP contribution in [0.3, 0.4) is 0 Å². The Bertz CT molecular complexity index is 433. The fraction of sp³-hybridized carbons (Fsp3) is 0.571. The summed E-state index contributed by atoms with van der Waals surface area (Å²) < 4.78 is 11.4. The van der Waals surface area contributed by atoms with Gasteiger partial charge in [-0.05, 0) is 37.8 Å². The van der Waals surface area contributed by atoms with Gasteiger partial charge in [-0.3, -0.25) is 0 Å². The van der Waals surface area contributed by atoms with E-state index in [1.54, 1.807) is 19.2 Å². The van der Waals surface area contributed by atoms with Crippen LogP contribution in [-0.2, 0) is 0 Å². The monoisotopic (exact) mass is 285 g/mol. The summed E-state index contributed by atoms with van der Waals surface area (Å²) >= 11 is 6.19. The standard InChI is InChI=1S/C14H20ClNO3/c1-18-12-7-6-10(15)13(11(16)8-17)14(12)19-9-4-2-3-5-9/h6-7,9,11,17H,2-5,8,16H2,1H3. The maximum Gasteiger partial charge on any atom is 0.167 e. The summed E-state index contributed by atoms with van der Waals surface area (Å²) in [5.74, 6) is 1.18. The van der Waals surface area contributed by atoms with E-state index < -0.39 is 6.04 Å². The third-order valence-corrected chi connectivity index (χ3v) is 3.81. The van der Waals surface area contributed by atoms with Crippen molar-refractivity contribution in [2.45, 2.75) is 37.8 Å². The molecule has 1 atom stereocenters. The third-order valence-electron chi connectivity index (χ3n) is 3.48. The van der Waals surface area contributed by atoms with Gasteiger partial charge < -0.3 is 20.3 Å². The molecule has 1 aromatic carbocycles. The fourth-order valence-electron chi connectivity index (χ4n) is 2.45. The highest BCUT2D eigenvalue weighted by atomic mass is 35.5. The van der Waals surface area contributed by atoms with Crippen LogP contribution in [0.25, 0.3) is 0 Å². The number of hydrogen-bond donors (Lipinski definition) is 2. The third kappa shape index (κ3) is 3.14. The van der Waals surface area contributed by atoms with Crippen molar-refractivity contribution in [2.24, 2.45) is 5.73 Å². The van der Waals surface area contributed by atoms with Gasteiger partial charge in [-0.15, -0.1) is 0 Å². The molecule has 0 aliphatic heterocycles. The summed E-state index contributed by atoms with van der Waals surface area (Å²) in [6, 6.07) is 2.91. The number of benzene rings is 1. The van der Waals surface area contributed by atoms with Crippen LogP contribution in [0.5, 0.6) is 11.5 Å². The molecule has 1 fully saturated rings.